The van der Waals surface area contributed by atoms with E-state index in [1.165, 1.54) is 0 Å². The zero-order valence-corrected chi connectivity index (χ0v) is 13.3. The highest BCUT2D eigenvalue weighted by atomic mass is 16.5. The van der Waals surface area contributed by atoms with E-state index in [1.54, 1.807) is 19.5 Å². The number of ether oxygens (including phenoxy) is 1. The summed E-state index contributed by atoms with van der Waals surface area (Å²) in [7, 11) is 1.66. The number of amides is 1. The minimum absolute atomic E-state index is 0.0336. The number of carbonyl (C=O) groups excluding carboxylic acids is 1. The first-order valence-corrected chi connectivity index (χ1v) is 7.75. The molecule has 0 aromatic carbocycles. The summed E-state index contributed by atoms with van der Waals surface area (Å²) in [5, 5.41) is 5.25. The topological polar surface area (TPSA) is 60.2 Å². The zero-order chi connectivity index (χ0) is 15.7. The molecule has 0 radical (unpaired) electrons. The van der Waals surface area contributed by atoms with E-state index in [2.05, 4.69) is 23.9 Å². The fourth-order valence-electron chi connectivity index (χ4n) is 2.63. The van der Waals surface area contributed by atoms with Crippen LogP contribution in [0.25, 0.3) is 11.0 Å². The lowest BCUT2D eigenvalue weighted by Gasteiger charge is -2.22. The van der Waals surface area contributed by atoms with Gasteiger partial charge < -0.3 is 9.64 Å². The molecule has 0 spiro atoms. The van der Waals surface area contributed by atoms with Crippen LogP contribution in [0.4, 0.5) is 0 Å². The lowest BCUT2D eigenvalue weighted by atomic mass is 10.2. The van der Waals surface area contributed by atoms with Gasteiger partial charge in [-0.1, -0.05) is 0 Å². The van der Waals surface area contributed by atoms with Crippen LogP contribution >= 0.6 is 0 Å². The Morgan fingerprint density at radius 1 is 1.45 bits per heavy atom. The van der Waals surface area contributed by atoms with E-state index in [4.69, 9.17) is 4.74 Å². The maximum Gasteiger partial charge on any atom is 0.255 e. The Bertz CT molecular complexity index is 676. The Morgan fingerprint density at radius 2 is 2.23 bits per heavy atom. The van der Waals surface area contributed by atoms with Gasteiger partial charge in [0.2, 0.25) is 0 Å². The van der Waals surface area contributed by atoms with E-state index >= 15 is 0 Å². The van der Waals surface area contributed by atoms with Crippen molar-refractivity contribution in [1.82, 2.24) is 19.7 Å². The van der Waals surface area contributed by atoms with E-state index in [-0.39, 0.29) is 11.9 Å². The molecule has 1 fully saturated rings. The van der Waals surface area contributed by atoms with Gasteiger partial charge in [-0.15, -0.1) is 0 Å². The van der Waals surface area contributed by atoms with Crippen LogP contribution in [0.5, 0.6) is 0 Å². The zero-order valence-electron chi connectivity index (χ0n) is 13.3. The first-order chi connectivity index (χ1) is 10.6. The van der Waals surface area contributed by atoms with Crippen LogP contribution < -0.4 is 0 Å². The third-order valence-electron chi connectivity index (χ3n) is 3.95. The van der Waals surface area contributed by atoms with E-state index in [0.717, 1.165) is 23.9 Å². The molecule has 0 unspecified atom stereocenters. The lowest BCUT2D eigenvalue weighted by molar-refractivity contribution is 0.0680. The first kappa shape index (κ1) is 15.0. The van der Waals surface area contributed by atoms with E-state index in [0.29, 0.717) is 24.8 Å². The molecule has 22 heavy (non-hydrogen) atoms. The molecular formula is C16H22N4O2. The summed E-state index contributed by atoms with van der Waals surface area (Å²) < 4.78 is 6.98. The second-order valence-electron chi connectivity index (χ2n) is 6.04. The summed E-state index contributed by atoms with van der Waals surface area (Å²) in [6.07, 6.45) is 5.59. The number of nitrogens with zero attached hydrogens (tertiary/aromatic N) is 4. The number of pyridine rings is 1. The summed E-state index contributed by atoms with van der Waals surface area (Å²) in [4.78, 5) is 19.1. The van der Waals surface area contributed by atoms with Crippen molar-refractivity contribution in [2.45, 2.75) is 38.8 Å². The molecule has 0 saturated heterocycles. The van der Waals surface area contributed by atoms with Crippen molar-refractivity contribution < 1.29 is 9.53 Å². The maximum absolute atomic E-state index is 12.7. The van der Waals surface area contributed by atoms with Gasteiger partial charge >= 0.3 is 0 Å². The summed E-state index contributed by atoms with van der Waals surface area (Å²) in [5.41, 5.74) is 1.44. The highest BCUT2D eigenvalue weighted by Gasteiger charge is 2.33. The van der Waals surface area contributed by atoms with Crippen LogP contribution in [0.15, 0.2) is 18.5 Å². The van der Waals surface area contributed by atoms with Crippen LogP contribution in [0.1, 0.15) is 43.1 Å². The average molecular weight is 302 g/mol. The van der Waals surface area contributed by atoms with Gasteiger partial charge in [-0.05, 0) is 32.8 Å². The number of hydrogen-bond acceptors (Lipinski definition) is 4. The van der Waals surface area contributed by atoms with Crippen molar-refractivity contribution >= 4 is 16.9 Å². The van der Waals surface area contributed by atoms with Crippen LogP contribution in [0.3, 0.4) is 0 Å². The fourth-order valence-corrected chi connectivity index (χ4v) is 2.63. The smallest absolute Gasteiger partial charge is 0.255 e. The van der Waals surface area contributed by atoms with E-state index < -0.39 is 0 Å². The average Bonchev–Trinajstić information content (AvgIpc) is 3.25. The van der Waals surface area contributed by atoms with Crippen LogP contribution in [-0.4, -0.2) is 51.9 Å². The molecule has 3 rings (SSSR count). The number of carbonyl (C=O) groups is 1. The molecule has 1 amide bonds. The standard InChI is InChI=1S/C16H22N4O2/c1-11(2)20-15-12(10-18-20)8-13(9-17-15)16(21)19(6-7-22-3)14-4-5-14/h8-11,14H,4-7H2,1-3H3. The van der Waals surface area contributed by atoms with E-state index in [1.807, 2.05) is 15.6 Å². The summed E-state index contributed by atoms with van der Waals surface area (Å²) in [5.74, 6) is 0.0336. The van der Waals surface area contributed by atoms with Gasteiger partial charge in [0.05, 0.1) is 18.4 Å². The van der Waals surface area contributed by atoms with Gasteiger partial charge in [-0.3, -0.25) is 4.79 Å². The van der Waals surface area contributed by atoms with Crippen molar-refractivity contribution in [1.29, 1.82) is 0 Å². The highest BCUT2D eigenvalue weighted by molar-refractivity contribution is 5.97. The maximum atomic E-state index is 12.7. The van der Waals surface area contributed by atoms with E-state index in [9.17, 15) is 4.79 Å². The molecule has 1 aliphatic carbocycles. The highest BCUT2D eigenvalue weighted by Crippen LogP contribution is 2.28. The molecule has 0 N–H and O–H groups in total. The minimum atomic E-state index is 0.0336. The molecule has 118 valence electrons. The van der Waals surface area contributed by atoms with Crippen LogP contribution in [-0.2, 0) is 4.74 Å². The van der Waals surface area contributed by atoms with Crippen molar-refractivity contribution in [2.24, 2.45) is 0 Å². The molecule has 0 aliphatic heterocycles. The van der Waals surface area contributed by atoms with Crippen molar-refractivity contribution in [2.75, 3.05) is 20.3 Å². The van der Waals surface area contributed by atoms with Crippen molar-refractivity contribution in [3.05, 3.63) is 24.0 Å². The normalized spacial score (nSPS) is 14.7. The van der Waals surface area contributed by atoms with Gasteiger partial charge in [0, 0.05) is 37.3 Å². The molecule has 6 heteroatoms. The summed E-state index contributed by atoms with van der Waals surface area (Å²) in [6, 6.07) is 2.49. The number of rotatable bonds is 6. The molecule has 0 bridgehead atoms. The van der Waals surface area contributed by atoms with Gasteiger partial charge in [-0.2, -0.15) is 5.10 Å². The predicted molar refractivity (Wildman–Crippen MR) is 83.8 cm³/mol. The Kier molecular flexibility index (Phi) is 4.11. The second-order valence-corrected chi connectivity index (χ2v) is 6.04. The lowest BCUT2D eigenvalue weighted by Crippen LogP contribution is -2.35. The number of aromatic nitrogens is 3. The minimum Gasteiger partial charge on any atom is -0.383 e. The van der Waals surface area contributed by atoms with Crippen molar-refractivity contribution in [3.63, 3.8) is 0 Å². The Balaban J connectivity index is 1.87. The third-order valence-corrected chi connectivity index (χ3v) is 3.95. The van der Waals surface area contributed by atoms with Gasteiger partial charge in [0.25, 0.3) is 5.91 Å². The molecule has 2 aromatic rings. The van der Waals surface area contributed by atoms with Crippen LogP contribution in [0, 0.1) is 0 Å². The molecule has 2 heterocycles. The quantitative estimate of drug-likeness (QED) is 0.821. The molecule has 1 aliphatic rings. The monoisotopic (exact) mass is 302 g/mol. The summed E-state index contributed by atoms with van der Waals surface area (Å²) in [6.45, 7) is 5.31. The summed E-state index contributed by atoms with van der Waals surface area (Å²) >= 11 is 0. The molecule has 0 atom stereocenters. The molecule has 1 saturated carbocycles. The fraction of sp³-hybridized carbons (Fsp3) is 0.562. The number of fused-ring (bicyclic) bond motifs is 1. The van der Waals surface area contributed by atoms with Gasteiger partial charge in [0.15, 0.2) is 5.65 Å². The van der Waals surface area contributed by atoms with Gasteiger partial charge in [-0.25, -0.2) is 9.67 Å². The number of methoxy groups -OCH3 is 1. The Morgan fingerprint density at radius 3 is 2.86 bits per heavy atom. The third kappa shape index (κ3) is 2.83. The predicted octanol–water partition coefficient (Wildman–Crippen LogP) is 2.26. The van der Waals surface area contributed by atoms with Gasteiger partial charge in [0.1, 0.15) is 0 Å². The molecule has 2 aromatic heterocycles. The molecule has 6 nitrogen and oxygen atoms in total. The van der Waals surface area contributed by atoms with Crippen molar-refractivity contribution in [3.8, 4) is 0 Å². The van der Waals surface area contributed by atoms with Crippen LogP contribution in [0.2, 0.25) is 0 Å². The number of hydrogen-bond donors (Lipinski definition) is 0. The molecular weight excluding hydrogens is 280 g/mol. The SMILES string of the molecule is COCCN(C(=O)c1cnc2c(cnn2C(C)C)c1)C1CC1. The first-order valence-electron chi connectivity index (χ1n) is 7.75. The Labute approximate surface area is 130 Å². The Hall–Kier alpha value is -1.95. The second kappa shape index (κ2) is 6.04. The largest absolute Gasteiger partial charge is 0.383 e.